The maximum atomic E-state index is 13.1. The van der Waals surface area contributed by atoms with E-state index in [9.17, 15) is 15.0 Å². The summed E-state index contributed by atoms with van der Waals surface area (Å²) >= 11 is 0. The Labute approximate surface area is 207 Å². The minimum absolute atomic E-state index is 0.141. The number of amides is 1. The van der Waals surface area contributed by atoms with Crippen LogP contribution in [0.3, 0.4) is 0 Å². The van der Waals surface area contributed by atoms with Gasteiger partial charge < -0.3 is 15.5 Å². The minimum atomic E-state index is -1.24. The summed E-state index contributed by atoms with van der Waals surface area (Å²) < 4.78 is 0. The van der Waals surface area contributed by atoms with Crippen LogP contribution in [-0.2, 0) is 17.4 Å². The molecule has 2 aromatic carbocycles. The SMILES string of the molecule is CC[C@]12C[C@H](O)[C@@](O)(c3ccccc3)C[C@H]1CCCc1cc(C(=O)Nc3cccnc3C)ccc12. The summed E-state index contributed by atoms with van der Waals surface area (Å²) in [6, 6.07) is 19.3. The van der Waals surface area contributed by atoms with Gasteiger partial charge in [-0.2, -0.15) is 0 Å². The van der Waals surface area contributed by atoms with E-state index in [1.165, 1.54) is 11.1 Å². The van der Waals surface area contributed by atoms with Gasteiger partial charge in [-0.3, -0.25) is 9.78 Å². The molecule has 2 aliphatic carbocycles. The molecule has 5 rings (SSSR count). The molecule has 0 saturated heterocycles. The van der Waals surface area contributed by atoms with Gasteiger partial charge in [0.05, 0.1) is 17.5 Å². The number of aromatic nitrogens is 1. The molecule has 1 aromatic heterocycles. The topological polar surface area (TPSA) is 82.5 Å². The van der Waals surface area contributed by atoms with Crippen LogP contribution >= 0.6 is 0 Å². The summed E-state index contributed by atoms with van der Waals surface area (Å²) in [6.07, 6.45) is 5.65. The van der Waals surface area contributed by atoms with E-state index in [2.05, 4.69) is 23.3 Å². The molecule has 5 nitrogen and oxygen atoms in total. The van der Waals surface area contributed by atoms with Gasteiger partial charge in [0.2, 0.25) is 0 Å². The fraction of sp³-hybridized carbons (Fsp3) is 0.400. The third-order valence-electron chi connectivity index (χ3n) is 8.51. The number of carbonyl (C=O) groups excluding carboxylic acids is 1. The number of nitrogens with zero attached hydrogens (tertiary/aromatic N) is 1. The van der Waals surface area contributed by atoms with Crippen molar-refractivity contribution in [1.82, 2.24) is 4.98 Å². The van der Waals surface area contributed by atoms with E-state index < -0.39 is 11.7 Å². The highest BCUT2D eigenvalue weighted by atomic mass is 16.3. The lowest BCUT2D eigenvalue weighted by Crippen LogP contribution is -2.54. The van der Waals surface area contributed by atoms with Crippen molar-refractivity contribution in [3.8, 4) is 0 Å². The number of fused-ring (bicyclic) bond motifs is 3. The highest BCUT2D eigenvalue weighted by molar-refractivity contribution is 6.04. The molecule has 3 aromatic rings. The molecule has 4 atom stereocenters. The number of rotatable bonds is 4. The van der Waals surface area contributed by atoms with E-state index in [1.807, 2.05) is 61.5 Å². The number of nitrogens with one attached hydrogen (secondary N) is 1. The molecule has 0 radical (unpaired) electrons. The molecule has 0 unspecified atom stereocenters. The van der Waals surface area contributed by atoms with E-state index in [4.69, 9.17) is 0 Å². The number of anilines is 1. The van der Waals surface area contributed by atoms with Crippen molar-refractivity contribution >= 4 is 11.6 Å². The molecule has 182 valence electrons. The zero-order valence-electron chi connectivity index (χ0n) is 20.5. The molecule has 1 fully saturated rings. The predicted octanol–water partition coefficient (Wildman–Crippen LogP) is 5.29. The zero-order chi connectivity index (χ0) is 24.6. The largest absolute Gasteiger partial charge is 0.390 e. The fourth-order valence-corrected chi connectivity index (χ4v) is 6.53. The molecule has 1 heterocycles. The Morgan fingerprint density at radius 1 is 1.11 bits per heavy atom. The Hall–Kier alpha value is -3.02. The summed E-state index contributed by atoms with van der Waals surface area (Å²) in [5.41, 5.74) is 3.87. The number of hydrogen-bond donors (Lipinski definition) is 3. The smallest absolute Gasteiger partial charge is 0.255 e. The third kappa shape index (κ3) is 4.07. The van der Waals surface area contributed by atoms with Crippen LogP contribution in [0.1, 0.15) is 71.8 Å². The second-order valence-corrected chi connectivity index (χ2v) is 10.3. The highest BCUT2D eigenvalue weighted by Gasteiger charge is 2.54. The molecular formula is C30H34N2O3. The van der Waals surface area contributed by atoms with Crippen molar-refractivity contribution < 1.29 is 15.0 Å². The van der Waals surface area contributed by atoms with Crippen LogP contribution in [0.25, 0.3) is 0 Å². The lowest BCUT2D eigenvalue weighted by molar-refractivity contribution is -0.144. The van der Waals surface area contributed by atoms with Gasteiger partial charge in [-0.25, -0.2) is 0 Å². The van der Waals surface area contributed by atoms with Gasteiger partial charge in [-0.15, -0.1) is 0 Å². The second-order valence-electron chi connectivity index (χ2n) is 10.3. The van der Waals surface area contributed by atoms with Crippen molar-refractivity contribution in [3.63, 3.8) is 0 Å². The number of benzene rings is 2. The first kappa shape index (κ1) is 23.7. The molecule has 3 N–H and O–H groups in total. The molecule has 1 saturated carbocycles. The first-order chi connectivity index (χ1) is 16.9. The minimum Gasteiger partial charge on any atom is -0.390 e. The van der Waals surface area contributed by atoms with Crippen molar-refractivity contribution in [2.24, 2.45) is 5.92 Å². The van der Waals surface area contributed by atoms with Gasteiger partial charge in [0.25, 0.3) is 5.91 Å². The van der Waals surface area contributed by atoms with Gasteiger partial charge in [-0.05, 0) is 92.3 Å². The van der Waals surface area contributed by atoms with Gasteiger partial charge in [0.15, 0.2) is 0 Å². The maximum Gasteiger partial charge on any atom is 0.255 e. The Balaban J connectivity index is 1.48. The second kappa shape index (κ2) is 9.21. The Bertz CT molecular complexity index is 1230. The van der Waals surface area contributed by atoms with Gasteiger partial charge in [0, 0.05) is 17.2 Å². The van der Waals surface area contributed by atoms with E-state index in [-0.39, 0.29) is 17.2 Å². The zero-order valence-corrected chi connectivity index (χ0v) is 20.5. The van der Waals surface area contributed by atoms with Crippen LogP contribution in [-0.4, -0.2) is 27.2 Å². The number of pyridine rings is 1. The van der Waals surface area contributed by atoms with Crippen LogP contribution < -0.4 is 5.32 Å². The van der Waals surface area contributed by atoms with E-state index in [0.29, 0.717) is 24.1 Å². The lowest BCUT2D eigenvalue weighted by atomic mass is 9.55. The standard InChI is InChI=1S/C30H34N2O3/c1-3-29-19-27(33)30(35,23-10-5-4-6-11-23)18-24(29)12-7-9-21-17-22(14-15-25(21)29)28(34)32-26-13-8-16-31-20(26)2/h4-6,8,10-11,13-17,24,27,33,35H,3,7,9,12,18-19H2,1-2H3,(H,32,34)/t24-,27+,29+,30+/m1/s1. The normalized spacial score (nSPS) is 27.9. The molecule has 35 heavy (non-hydrogen) atoms. The number of aliphatic hydroxyl groups excluding tert-OH is 1. The number of aryl methyl sites for hydroxylation is 2. The van der Waals surface area contributed by atoms with Gasteiger partial charge in [0.1, 0.15) is 5.60 Å². The average molecular weight is 471 g/mol. The molecule has 0 spiro atoms. The van der Waals surface area contributed by atoms with Crippen molar-refractivity contribution in [1.29, 1.82) is 0 Å². The highest BCUT2D eigenvalue weighted by Crippen LogP contribution is 2.56. The average Bonchev–Trinajstić information content (AvgIpc) is 3.02. The number of carbonyl (C=O) groups is 1. The first-order valence-electron chi connectivity index (χ1n) is 12.7. The van der Waals surface area contributed by atoms with E-state index >= 15 is 0 Å². The maximum absolute atomic E-state index is 13.1. The van der Waals surface area contributed by atoms with Crippen LogP contribution in [0, 0.1) is 12.8 Å². The summed E-state index contributed by atoms with van der Waals surface area (Å²) in [4.78, 5) is 17.3. The molecule has 5 heteroatoms. The van der Waals surface area contributed by atoms with Crippen molar-refractivity contribution in [2.45, 2.75) is 69.5 Å². The summed E-state index contributed by atoms with van der Waals surface area (Å²) in [7, 11) is 0. The lowest BCUT2D eigenvalue weighted by Gasteiger charge is -2.52. The van der Waals surface area contributed by atoms with Gasteiger partial charge in [-0.1, -0.05) is 43.3 Å². The van der Waals surface area contributed by atoms with Crippen molar-refractivity contribution in [3.05, 3.63) is 94.8 Å². The molecule has 1 amide bonds. The number of hydrogen-bond acceptors (Lipinski definition) is 4. The van der Waals surface area contributed by atoms with Gasteiger partial charge >= 0.3 is 0 Å². The van der Waals surface area contributed by atoms with Crippen LogP contribution in [0.4, 0.5) is 5.69 Å². The fourth-order valence-electron chi connectivity index (χ4n) is 6.53. The number of aliphatic hydroxyl groups is 2. The van der Waals surface area contributed by atoms with Crippen LogP contribution in [0.15, 0.2) is 66.9 Å². The summed E-state index contributed by atoms with van der Waals surface area (Å²) in [6.45, 7) is 4.07. The molecular weight excluding hydrogens is 436 g/mol. The quantitative estimate of drug-likeness (QED) is 0.484. The van der Waals surface area contributed by atoms with Crippen LogP contribution in [0.2, 0.25) is 0 Å². The molecule has 0 aliphatic heterocycles. The Kier molecular flexibility index (Phi) is 6.24. The predicted molar refractivity (Wildman–Crippen MR) is 137 cm³/mol. The molecule has 0 bridgehead atoms. The van der Waals surface area contributed by atoms with Crippen molar-refractivity contribution in [2.75, 3.05) is 5.32 Å². The van der Waals surface area contributed by atoms with E-state index in [1.54, 1.807) is 6.20 Å². The summed E-state index contributed by atoms with van der Waals surface area (Å²) in [5, 5.41) is 26.0. The molecule has 2 aliphatic rings. The van der Waals surface area contributed by atoms with Crippen LogP contribution in [0.5, 0.6) is 0 Å². The first-order valence-corrected chi connectivity index (χ1v) is 12.7. The third-order valence-corrected chi connectivity index (χ3v) is 8.51. The Morgan fingerprint density at radius 2 is 1.91 bits per heavy atom. The van der Waals surface area contributed by atoms with E-state index in [0.717, 1.165) is 36.9 Å². The monoisotopic (exact) mass is 470 g/mol. The summed E-state index contributed by atoms with van der Waals surface area (Å²) in [5.74, 6) is 0.109. The Morgan fingerprint density at radius 3 is 2.66 bits per heavy atom.